The van der Waals surface area contributed by atoms with Crippen LogP contribution in [0, 0.1) is 0 Å². The summed E-state index contributed by atoms with van der Waals surface area (Å²) in [6.07, 6.45) is 7.49. The molecule has 0 aliphatic carbocycles. The average molecular weight is 382 g/mol. The van der Waals surface area contributed by atoms with Crippen molar-refractivity contribution in [3.05, 3.63) is 45.7 Å². The topological polar surface area (TPSA) is 56.4 Å². The first-order chi connectivity index (χ1) is 13.7. The van der Waals surface area contributed by atoms with Crippen molar-refractivity contribution in [2.75, 3.05) is 32.7 Å². The van der Waals surface area contributed by atoms with Crippen LogP contribution in [-0.4, -0.2) is 53.3 Å². The fourth-order valence-electron chi connectivity index (χ4n) is 4.60. The van der Waals surface area contributed by atoms with E-state index in [0.717, 1.165) is 44.7 Å². The van der Waals surface area contributed by atoms with Crippen molar-refractivity contribution in [3.63, 3.8) is 0 Å². The first-order valence-corrected chi connectivity index (χ1v) is 10.8. The molecule has 5 nitrogen and oxygen atoms in total. The Hall–Kier alpha value is -1.98. The largest absolute Gasteiger partial charge is 0.352 e. The number of aromatic nitrogens is 1. The molecule has 1 aromatic carbocycles. The second-order valence-electron chi connectivity index (χ2n) is 8.27. The zero-order chi connectivity index (χ0) is 19.3. The number of pyridine rings is 1. The number of aromatic amines is 1. The summed E-state index contributed by atoms with van der Waals surface area (Å²) >= 11 is 0. The van der Waals surface area contributed by atoms with Crippen LogP contribution >= 0.6 is 0 Å². The first-order valence-electron chi connectivity index (χ1n) is 10.8. The van der Waals surface area contributed by atoms with Crippen molar-refractivity contribution in [2.24, 2.45) is 0 Å². The van der Waals surface area contributed by atoms with Gasteiger partial charge in [0.2, 0.25) is 0 Å². The summed E-state index contributed by atoms with van der Waals surface area (Å²) in [5.74, 6) is 0.0778. The fourth-order valence-corrected chi connectivity index (χ4v) is 4.60. The van der Waals surface area contributed by atoms with E-state index < -0.39 is 0 Å². The van der Waals surface area contributed by atoms with Crippen molar-refractivity contribution >= 4 is 16.7 Å². The third kappa shape index (κ3) is 4.36. The minimum absolute atomic E-state index is 0.0165. The van der Waals surface area contributed by atoms with E-state index in [9.17, 15) is 9.59 Å². The van der Waals surface area contributed by atoms with Crippen LogP contribution in [0.3, 0.4) is 0 Å². The average Bonchev–Trinajstić information content (AvgIpc) is 3.24. The van der Waals surface area contributed by atoms with Crippen LogP contribution < -0.4 is 5.43 Å². The Morgan fingerprint density at radius 2 is 1.61 bits per heavy atom. The van der Waals surface area contributed by atoms with Gasteiger partial charge in [-0.1, -0.05) is 18.6 Å². The molecule has 0 bridgehead atoms. The second kappa shape index (κ2) is 9.01. The number of nitrogens with one attached hydrogen (secondary N) is 1. The Morgan fingerprint density at radius 1 is 0.929 bits per heavy atom. The Bertz CT molecular complexity index is 877. The van der Waals surface area contributed by atoms with Crippen molar-refractivity contribution in [3.8, 4) is 0 Å². The standard InChI is InChI=1S/C23H31N3O2/c27-21(11-8-16-25-12-6-7-13-25)22-19(17-26-14-4-1-5-15-26)23(28)18-9-2-3-10-20(18)24-22/h2-3,9-10H,1,4-8,11-17H2,(H,24,28). The Morgan fingerprint density at radius 3 is 2.39 bits per heavy atom. The van der Waals surface area contributed by atoms with Gasteiger partial charge in [0.1, 0.15) is 0 Å². The summed E-state index contributed by atoms with van der Waals surface area (Å²) in [4.78, 5) is 34.3. The Kier molecular flexibility index (Phi) is 6.23. The lowest BCUT2D eigenvalue weighted by molar-refractivity contribution is 0.0968. The molecule has 5 heteroatoms. The molecule has 2 fully saturated rings. The molecule has 0 amide bonds. The molecule has 0 radical (unpaired) electrons. The Labute approximate surface area is 166 Å². The van der Waals surface area contributed by atoms with Gasteiger partial charge >= 0.3 is 0 Å². The fraction of sp³-hybridized carbons (Fsp3) is 0.565. The van der Waals surface area contributed by atoms with Gasteiger partial charge < -0.3 is 9.88 Å². The number of rotatable bonds is 7. The van der Waals surface area contributed by atoms with Crippen molar-refractivity contribution in [1.29, 1.82) is 0 Å². The van der Waals surface area contributed by atoms with Crippen LogP contribution in [0.25, 0.3) is 10.9 Å². The second-order valence-corrected chi connectivity index (χ2v) is 8.27. The van der Waals surface area contributed by atoms with Gasteiger partial charge in [-0.05, 0) is 77.0 Å². The highest BCUT2D eigenvalue weighted by atomic mass is 16.1. The molecular weight excluding hydrogens is 350 g/mol. The number of carbonyl (C=O) groups excluding carboxylic acids is 1. The number of carbonyl (C=O) groups is 1. The van der Waals surface area contributed by atoms with Gasteiger partial charge in [-0.3, -0.25) is 14.5 Å². The molecule has 2 aliphatic heterocycles. The van der Waals surface area contributed by atoms with Crippen molar-refractivity contribution < 1.29 is 4.79 Å². The predicted molar refractivity (Wildman–Crippen MR) is 113 cm³/mol. The molecule has 0 atom stereocenters. The number of para-hydroxylation sites is 1. The summed E-state index contributed by atoms with van der Waals surface area (Å²) in [6, 6.07) is 7.54. The van der Waals surface area contributed by atoms with Gasteiger partial charge in [0, 0.05) is 29.4 Å². The summed E-state index contributed by atoms with van der Waals surface area (Å²) in [7, 11) is 0. The normalized spacial score (nSPS) is 18.7. The highest BCUT2D eigenvalue weighted by molar-refractivity contribution is 5.98. The van der Waals surface area contributed by atoms with Gasteiger partial charge in [-0.25, -0.2) is 0 Å². The van der Waals surface area contributed by atoms with Crippen molar-refractivity contribution in [1.82, 2.24) is 14.8 Å². The number of Topliss-reactive ketones (excluding diaryl/α,β-unsaturated/α-hetero) is 1. The molecule has 1 aromatic heterocycles. The first kappa shape index (κ1) is 19.3. The lowest BCUT2D eigenvalue weighted by atomic mass is 10.0. The third-order valence-electron chi connectivity index (χ3n) is 6.19. The predicted octanol–water partition coefficient (Wildman–Crippen LogP) is 3.57. The number of hydrogen-bond acceptors (Lipinski definition) is 4. The minimum Gasteiger partial charge on any atom is -0.352 e. The molecule has 0 saturated carbocycles. The van der Waals surface area contributed by atoms with E-state index in [2.05, 4.69) is 14.8 Å². The quantitative estimate of drug-likeness (QED) is 0.745. The molecule has 1 N–H and O–H groups in total. The Balaban J connectivity index is 1.57. The van der Waals surface area contributed by atoms with E-state index in [1.54, 1.807) is 0 Å². The maximum atomic E-state index is 13.2. The van der Waals surface area contributed by atoms with Crippen LogP contribution in [0.1, 0.15) is 61.0 Å². The number of hydrogen-bond donors (Lipinski definition) is 1. The lowest BCUT2D eigenvalue weighted by Crippen LogP contribution is -2.33. The number of piperidine rings is 1. The van der Waals surface area contributed by atoms with Gasteiger partial charge in [0.15, 0.2) is 11.2 Å². The molecule has 0 spiro atoms. The molecule has 2 saturated heterocycles. The van der Waals surface area contributed by atoms with Crippen LogP contribution in [0.4, 0.5) is 0 Å². The van der Waals surface area contributed by atoms with E-state index in [-0.39, 0.29) is 11.2 Å². The number of likely N-dealkylation sites (tertiary alicyclic amines) is 2. The van der Waals surface area contributed by atoms with Crippen molar-refractivity contribution in [2.45, 2.75) is 51.5 Å². The van der Waals surface area contributed by atoms with Crippen LogP contribution in [0.15, 0.2) is 29.1 Å². The van der Waals surface area contributed by atoms with Gasteiger partial charge in [0.25, 0.3) is 0 Å². The number of fused-ring (bicyclic) bond motifs is 1. The number of nitrogens with zero attached hydrogens (tertiary/aromatic N) is 2. The molecule has 2 aliphatic rings. The molecule has 2 aromatic rings. The zero-order valence-corrected chi connectivity index (χ0v) is 16.7. The van der Waals surface area contributed by atoms with Crippen LogP contribution in [0.2, 0.25) is 0 Å². The van der Waals surface area contributed by atoms with E-state index in [1.807, 2.05) is 24.3 Å². The molecule has 3 heterocycles. The van der Waals surface area contributed by atoms with Gasteiger partial charge in [0.05, 0.1) is 5.69 Å². The van der Waals surface area contributed by atoms with Gasteiger partial charge in [-0.15, -0.1) is 0 Å². The molecule has 28 heavy (non-hydrogen) atoms. The summed E-state index contributed by atoms with van der Waals surface area (Å²) in [6.45, 7) is 5.88. The van der Waals surface area contributed by atoms with Gasteiger partial charge in [-0.2, -0.15) is 0 Å². The highest BCUT2D eigenvalue weighted by Gasteiger charge is 2.21. The van der Waals surface area contributed by atoms with Crippen LogP contribution in [-0.2, 0) is 6.54 Å². The summed E-state index contributed by atoms with van der Waals surface area (Å²) in [5.41, 5.74) is 1.98. The van der Waals surface area contributed by atoms with E-state index in [4.69, 9.17) is 0 Å². The monoisotopic (exact) mass is 381 g/mol. The highest BCUT2D eigenvalue weighted by Crippen LogP contribution is 2.18. The molecule has 150 valence electrons. The molecular formula is C23H31N3O2. The maximum absolute atomic E-state index is 13.2. The lowest BCUT2D eigenvalue weighted by Gasteiger charge is -2.27. The van der Waals surface area contributed by atoms with E-state index in [0.29, 0.717) is 29.6 Å². The summed E-state index contributed by atoms with van der Waals surface area (Å²) < 4.78 is 0. The number of benzene rings is 1. The SMILES string of the molecule is O=C(CCCN1CCCC1)c1[nH]c2ccccc2c(=O)c1CN1CCCCC1. The number of H-pyrrole nitrogens is 1. The molecule has 0 unspecified atom stereocenters. The van der Waals surface area contributed by atoms with E-state index in [1.165, 1.54) is 32.1 Å². The van der Waals surface area contributed by atoms with Crippen LogP contribution in [0.5, 0.6) is 0 Å². The minimum atomic E-state index is 0.0165. The maximum Gasteiger partial charge on any atom is 0.194 e. The number of ketones is 1. The third-order valence-corrected chi connectivity index (χ3v) is 6.19. The summed E-state index contributed by atoms with van der Waals surface area (Å²) in [5, 5.41) is 0.683. The van der Waals surface area contributed by atoms with E-state index >= 15 is 0 Å². The smallest absolute Gasteiger partial charge is 0.194 e. The zero-order valence-electron chi connectivity index (χ0n) is 16.7. The molecule has 4 rings (SSSR count).